The van der Waals surface area contributed by atoms with E-state index < -0.39 is 0 Å². The van der Waals surface area contributed by atoms with Gasteiger partial charge in [0.1, 0.15) is 0 Å². The van der Waals surface area contributed by atoms with Crippen LogP contribution in [0.15, 0.2) is 18.2 Å². The topological polar surface area (TPSA) is 0 Å². The Kier molecular flexibility index (Phi) is 126. The first-order valence-corrected chi connectivity index (χ1v) is 1.72. The minimum absolute atomic E-state index is 0. The first-order valence-electron chi connectivity index (χ1n) is 1.72. The van der Waals surface area contributed by atoms with Gasteiger partial charge in [-0.3, -0.25) is 6.08 Å². The van der Waals surface area contributed by atoms with E-state index in [1.54, 1.807) is 0 Å². The van der Waals surface area contributed by atoms with Crippen LogP contribution in [0, 0.1) is 43.2 Å². The minimum atomic E-state index is 0. The number of rotatable bonds is 0. The summed E-state index contributed by atoms with van der Waals surface area (Å²) in [6.45, 7) is 0. The van der Waals surface area contributed by atoms with Gasteiger partial charge < -0.3 is 37.1 Å². The van der Waals surface area contributed by atoms with Crippen molar-refractivity contribution in [3.63, 3.8) is 0 Å². The third-order valence-corrected chi connectivity index (χ3v) is 0.586. The van der Waals surface area contributed by atoms with E-state index in [4.69, 9.17) is 0 Å². The number of allylic oxidation sites excluding steroid dienone is 4. The van der Waals surface area contributed by atoms with Crippen LogP contribution in [-0.4, -0.2) is 0 Å². The van der Waals surface area contributed by atoms with Crippen LogP contribution in [0.1, 0.15) is 6.42 Å². The summed E-state index contributed by atoms with van der Waals surface area (Å²) in [6, 6.07) is 0. The molecule has 0 aliphatic heterocycles. The molecule has 0 nitrogen and oxygen atoms in total. The molecule has 0 saturated heterocycles. The van der Waals surface area contributed by atoms with Crippen molar-refractivity contribution in [2.45, 2.75) is 6.42 Å². The van der Waals surface area contributed by atoms with Crippen molar-refractivity contribution in [1.82, 2.24) is 0 Å². The van der Waals surface area contributed by atoms with Crippen molar-refractivity contribution in [2.24, 2.45) is 0 Å². The quantitative estimate of drug-likeness (QED) is 0.597. The number of hydrogen-bond acceptors (Lipinski definition) is 0. The van der Waals surface area contributed by atoms with Crippen LogP contribution in [-0.2, 0) is 20.4 Å². The van der Waals surface area contributed by atoms with Crippen molar-refractivity contribution in [3.05, 3.63) is 61.4 Å². The summed E-state index contributed by atoms with van der Waals surface area (Å²) in [5.41, 5.74) is 0. The fourth-order valence-corrected chi connectivity index (χ4v) is 0.340. The van der Waals surface area contributed by atoms with Crippen molar-refractivity contribution < 1.29 is 20.4 Å². The van der Waals surface area contributed by atoms with Gasteiger partial charge in [0, 0.05) is 20.4 Å². The molecular formula is C10H20Re-6. The second-order valence-corrected chi connectivity index (χ2v) is 1.00. The Morgan fingerprint density at radius 2 is 1.36 bits per heavy atom. The maximum Gasteiger partial charge on any atom is 0 e. The summed E-state index contributed by atoms with van der Waals surface area (Å²) >= 11 is 0. The summed E-state index contributed by atoms with van der Waals surface area (Å²) in [5.74, 6) is 0. The molecule has 0 aromatic carbocycles. The largest absolute Gasteiger partial charge is 0.358 e. The smallest absolute Gasteiger partial charge is 0 e. The third kappa shape index (κ3) is 25.4. The molecule has 0 unspecified atom stereocenters. The Morgan fingerprint density at radius 3 is 1.45 bits per heavy atom. The predicted octanol–water partition coefficient (Wildman–Crippen LogP) is 3.55. The normalized spacial score (nSPS) is 8.00. The molecule has 0 aromatic rings. The van der Waals surface area contributed by atoms with E-state index in [-0.39, 0.29) is 57.6 Å². The molecule has 1 aliphatic carbocycles. The predicted molar refractivity (Wildman–Crippen MR) is 53.6 cm³/mol. The molecule has 0 aromatic heterocycles. The zero-order valence-corrected chi connectivity index (χ0v) is 11.0. The summed E-state index contributed by atoms with van der Waals surface area (Å²) < 4.78 is 0. The fraction of sp³-hybridized carbons (Fsp3) is 0.100. The molecule has 73 valence electrons. The Balaban J connectivity index is -0.0000000104. The molecular weight excluding hydrogens is 306 g/mol. The van der Waals surface area contributed by atoms with E-state index in [0.717, 1.165) is 6.42 Å². The fourth-order valence-electron chi connectivity index (χ4n) is 0.340. The second-order valence-electron chi connectivity index (χ2n) is 1.00. The second kappa shape index (κ2) is 32.1. The average molecular weight is 326 g/mol. The minimum Gasteiger partial charge on any atom is -0.358 e. The molecule has 1 aliphatic rings. The van der Waals surface area contributed by atoms with Gasteiger partial charge >= 0.3 is 0 Å². The van der Waals surface area contributed by atoms with Gasteiger partial charge in [0.15, 0.2) is 0 Å². The average Bonchev–Trinajstić information content (AvgIpc) is 1.76. The van der Waals surface area contributed by atoms with E-state index in [1.807, 2.05) is 12.2 Å². The van der Waals surface area contributed by atoms with Crippen molar-refractivity contribution in [2.75, 3.05) is 0 Å². The molecule has 0 atom stereocenters. The van der Waals surface area contributed by atoms with Crippen LogP contribution >= 0.6 is 0 Å². The first-order chi connectivity index (χ1) is 2.50. The Morgan fingerprint density at radius 1 is 0.909 bits per heavy atom. The van der Waals surface area contributed by atoms with Crippen molar-refractivity contribution in [1.29, 1.82) is 0 Å². The standard InChI is InChI=1S/C5H5.5CH3.Re/c1-2-4-5-3-1;;;;;;/h1-3H,4H2;5*1H3;/q6*-1;. The maximum absolute atomic E-state index is 2.99. The van der Waals surface area contributed by atoms with Crippen LogP contribution in [0.4, 0.5) is 0 Å². The molecule has 0 fully saturated rings. The van der Waals surface area contributed by atoms with Gasteiger partial charge in [0.25, 0.3) is 0 Å². The Hall–Kier alpha value is 0.142. The van der Waals surface area contributed by atoms with Gasteiger partial charge in [-0.1, -0.05) is 0 Å². The third-order valence-electron chi connectivity index (χ3n) is 0.586. The van der Waals surface area contributed by atoms with Crippen LogP contribution < -0.4 is 0 Å². The van der Waals surface area contributed by atoms with Gasteiger partial charge in [-0.2, -0.15) is 6.08 Å². The SMILES string of the molecule is [C-]1=CC=CC1.[CH3-].[CH3-].[CH3-].[CH3-].[CH3-].[Re]. The maximum atomic E-state index is 2.99. The molecule has 0 N–H and O–H groups in total. The molecule has 1 radical (unpaired) electrons. The van der Waals surface area contributed by atoms with Gasteiger partial charge in [-0.05, 0) is 0 Å². The molecule has 1 rings (SSSR count). The zero-order chi connectivity index (χ0) is 3.54. The van der Waals surface area contributed by atoms with Gasteiger partial charge in [-0.15, -0.1) is 6.42 Å². The molecule has 1 heteroatoms. The van der Waals surface area contributed by atoms with E-state index in [9.17, 15) is 0 Å². The molecule has 0 heterocycles. The number of hydrogen-bond donors (Lipinski definition) is 0. The van der Waals surface area contributed by atoms with E-state index >= 15 is 0 Å². The summed E-state index contributed by atoms with van der Waals surface area (Å²) in [6.07, 6.45) is 10.0. The van der Waals surface area contributed by atoms with Gasteiger partial charge in [-0.25, -0.2) is 12.2 Å². The van der Waals surface area contributed by atoms with E-state index in [2.05, 4.69) is 12.2 Å². The molecule has 0 spiro atoms. The molecule has 11 heavy (non-hydrogen) atoms. The van der Waals surface area contributed by atoms with Crippen LogP contribution in [0.25, 0.3) is 0 Å². The monoisotopic (exact) mass is 327 g/mol. The van der Waals surface area contributed by atoms with Gasteiger partial charge in [0.05, 0.1) is 0 Å². The van der Waals surface area contributed by atoms with Crippen LogP contribution in [0.3, 0.4) is 0 Å². The van der Waals surface area contributed by atoms with Crippen LogP contribution in [0.2, 0.25) is 0 Å². The van der Waals surface area contributed by atoms with Crippen molar-refractivity contribution in [3.8, 4) is 0 Å². The van der Waals surface area contributed by atoms with E-state index in [0.29, 0.717) is 0 Å². The van der Waals surface area contributed by atoms with E-state index in [1.165, 1.54) is 0 Å². The summed E-state index contributed by atoms with van der Waals surface area (Å²) in [7, 11) is 0. The molecule has 0 saturated carbocycles. The van der Waals surface area contributed by atoms with Gasteiger partial charge in [0.2, 0.25) is 0 Å². The van der Waals surface area contributed by atoms with Crippen LogP contribution in [0.5, 0.6) is 0 Å². The molecule has 0 bridgehead atoms. The summed E-state index contributed by atoms with van der Waals surface area (Å²) in [4.78, 5) is 0. The Labute approximate surface area is 88.4 Å². The Bertz CT molecular complexity index is 62.9. The zero-order valence-electron chi connectivity index (χ0n) is 8.32. The summed E-state index contributed by atoms with van der Waals surface area (Å²) in [5, 5.41) is 0. The first kappa shape index (κ1) is 43.3. The van der Waals surface area contributed by atoms with Crippen molar-refractivity contribution >= 4 is 0 Å². The molecule has 0 amide bonds.